The molecule has 0 radical (unpaired) electrons. The van der Waals surface area contributed by atoms with Crippen LogP contribution in [0.1, 0.15) is 6.42 Å². The summed E-state index contributed by atoms with van der Waals surface area (Å²) in [6.07, 6.45) is 3.74. The highest BCUT2D eigenvalue weighted by molar-refractivity contribution is 6.01. The van der Waals surface area contributed by atoms with Crippen molar-refractivity contribution < 1.29 is 14.3 Å². The number of hydrogen-bond donors (Lipinski definition) is 1. The number of piperazine rings is 1. The van der Waals surface area contributed by atoms with Crippen LogP contribution < -0.4 is 19.9 Å². The Morgan fingerprint density at radius 1 is 1.13 bits per heavy atom. The van der Waals surface area contributed by atoms with Gasteiger partial charge in [-0.25, -0.2) is 9.97 Å². The van der Waals surface area contributed by atoms with Crippen LogP contribution in [0.5, 0.6) is 5.75 Å². The molecular weight excluding hydrogens is 396 g/mol. The molecule has 9 nitrogen and oxygen atoms in total. The highest BCUT2D eigenvalue weighted by atomic mass is 16.5. The summed E-state index contributed by atoms with van der Waals surface area (Å²) in [5.41, 5.74) is 0.713. The van der Waals surface area contributed by atoms with E-state index in [1.165, 1.54) is 0 Å². The fourth-order valence-electron chi connectivity index (χ4n) is 4.08. The van der Waals surface area contributed by atoms with Crippen molar-refractivity contribution in [1.82, 2.24) is 20.2 Å². The van der Waals surface area contributed by atoms with Gasteiger partial charge in [-0.1, -0.05) is 12.1 Å². The minimum absolute atomic E-state index is 0.0519. The molecule has 2 saturated heterocycles. The van der Waals surface area contributed by atoms with E-state index in [2.05, 4.69) is 25.1 Å². The number of ether oxygens (including phenoxy) is 1. The molecule has 0 saturated carbocycles. The van der Waals surface area contributed by atoms with Gasteiger partial charge in [0.25, 0.3) is 0 Å². The maximum absolute atomic E-state index is 12.6. The van der Waals surface area contributed by atoms with Crippen LogP contribution in [0.25, 0.3) is 0 Å². The Morgan fingerprint density at radius 3 is 2.61 bits per heavy atom. The van der Waals surface area contributed by atoms with Crippen molar-refractivity contribution in [2.75, 3.05) is 62.7 Å². The Kier molecular flexibility index (Phi) is 6.61. The van der Waals surface area contributed by atoms with Gasteiger partial charge in [0.15, 0.2) is 0 Å². The summed E-state index contributed by atoms with van der Waals surface area (Å²) in [7, 11) is 1.58. The lowest BCUT2D eigenvalue weighted by Gasteiger charge is -2.34. The number of rotatable bonds is 7. The van der Waals surface area contributed by atoms with Crippen LogP contribution in [0.4, 0.5) is 11.6 Å². The van der Waals surface area contributed by atoms with Gasteiger partial charge in [-0.15, -0.1) is 0 Å². The Hall–Kier alpha value is -3.20. The molecule has 164 valence electrons. The molecule has 3 heterocycles. The first-order chi connectivity index (χ1) is 15.2. The van der Waals surface area contributed by atoms with Crippen molar-refractivity contribution in [3.63, 3.8) is 0 Å². The largest absolute Gasteiger partial charge is 0.495 e. The van der Waals surface area contributed by atoms with E-state index in [0.717, 1.165) is 38.7 Å². The van der Waals surface area contributed by atoms with E-state index < -0.39 is 0 Å². The monoisotopic (exact) mass is 424 g/mol. The lowest BCUT2D eigenvalue weighted by Crippen LogP contribution is -2.49. The highest BCUT2D eigenvalue weighted by Crippen LogP contribution is 2.32. The molecule has 1 atom stereocenters. The van der Waals surface area contributed by atoms with Gasteiger partial charge in [-0.05, 0) is 18.2 Å². The molecule has 1 aromatic heterocycles. The average Bonchev–Trinajstić information content (AvgIpc) is 3.21. The first-order valence-corrected chi connectivity index (χ1v) is 10.6. The molecule has 2 amide bonds. The van der Waals surface area contributed by atoms with Gasteiger partial charge >= 0.3 is 0 Å². The number of hydrogen-bond acceptors (Lipinski definition) is 7. The van der Waals surface area contributed by atoms with Crippen molar-refractivity contribution in [3.05, 3.63) is 42.7 Å². The first-order valence-electron chi connectivity index (χ1n) is 10.6. The number of anilines is 2. The SMILES string of the molecule is COc1ccccc1N1CC(C(=O)NCCN2CCN(c3ncccn3)CC2)CC1=O. The van der Waals surface area contributed by atoms with Crippen molar-refractivity contribution in [3.8, 4) is 5.75 Å². The zero-order valence-corrected chi connectivity index (χ0v) is 17.7. The second-order valence-electron chi connectivity index (χ2n) is 7.75. The minimum Gasteiger partial charge on any atom is -0.495 e. The molecule has 2 aromatic rings. The maximum atomic E-state index is 12.6. The highest BCUT2D eigenvalue weighted by Gasteiger charge is 2.36. The molecular formula is C22H28N6O3. The van der Waals surface area contributed by atoms with Crippen LogP contribution in [0.3, 0.4) is 0 Å². The summed E-state index contributed by atoms with van der Waals surface area (Å²) in [6, 6.07) is 9.20. The van der Waals surface area contributed by atoms with Crippen LogP contribution >= 0.6 is 0 Å². The van der Waals surface area contributed by atoms with Gasteiger partial charge < -0.3 is 19.9 Å². The molecule has 0 aliphatic carbocycles. The van der Waals surface area contributed by atoms with Gasteiger partial charge in [-0.2, -0.15) is 0 Å². The van der Waals surface area contributed by atoms with E-state index in [-0.39, 0.29) is 24.2 Å². The summed E-state index contributed by atoms with van der Waals surface area (Å²) >= 11 is 0. The Labute approximate surface area is 182 Å². The summed E-state index contributed by atoms with van der Waals surface area (Å²) in [4.78, 5) is 39.9. The van der Waals surface area contributed by atoms with E-state index in [4.69, 9.17) is 4.74 Å². The first kappa shape index (κ1) is 21.0. The lowest BCUT2D eigenvalue weighted by atomic mass is 10.1. The second kappa shape index (κ2) is 9.74. The molecule has 0 spiro atoms. The number of aromatic nitrogens is 2. The molecule has 4 rings (SSSR count). The van der Waals surface area contributed by atoms with Crippen molar-refractivity contribution in [2.45, 2.75) is 6.42 Å². The van der Waals surface area contributed by atoms with E-state index >= 15 is 0 Å². The van der Waals surface area contributed by atoms with Crippen LogP contribution in [0.2, 0.25) is 0 Å². The van der Waals surface area contributed by atoms with Crippen LogP contribution in [0.15, 0.2) is 42.7 Å². The van der Waals surface area contributed by atoms with Gasteiger partial charge in [0.1, 0.15) is 5.75 Å². The molecule has 1 N–H and O–H groups in total. The number of para-hydroxylation sites is 2. The van der Waals surface area contributed by atoms with E-state index in [0.29, 0.717) is 24.5 Å². The average molecular weight is 425 g/mol. The molecule has 0 bridgehead atoms. The van der Waals surface area contributed by atoms with Gasteiger partial charge in [0.2, 0.25) is 17.8 Å². The number of benzene rings is 1. The predicted molar refractivity (Wildman–Crippen MR) is 117 cm³/mol. The summed E-state index contributed by atoms with van der Waals surface area (Å²) in [6.45, 7) is 5.26. The third-order valence-electron chi connectivity index (χ3n) is 5.81. The summed E-state index contributed by atoms with van der Waals surface area (Å²) < 4.78 is 5.36. The molecule has 2 fully saturated rings. The van der Waals surface area contributed by atoms with E-state index in [9.17, 15) is 9.59 Å². The fraction of sp³-hybridized carbons (Fsp3) is 0.455. The number of amides is 2. The van der Waals surface area contributed by atoms with Crippen molar-refractivity contribution in [2.24, 2.45) is 5.92 Å². The lowest BCUT2D eigenvalue weighted by molar-refractivity contribution is -0.126. The second-order valence-corrected chi connectivity index (χ2v) is 7.75. The normalized spacial score (nSPS) is 19.5. The summed E-state index contributed by atoms with van der Waals surface area (Å²) in [5, 5.41) is 3.01. The van der Waals surface area contributed by atoms with E-state index in [1.54, 1.807) is 24.4 Å². The standard InChI is InChI=1S/C22H28N6O3/c1-31-19-6-3-2-5-18(19)28-16-17(15-20(28)29)21(30)23-9-10-26-11-13-27(14-12-26)22-24-7-4-8-25-22/h2-8,17H,9-16H2,1H3,(H,23,30). The molecule has 2 aliphatic heterocycles. The molecule has 1 unspecified atom stereocenters. The van der Waals surface area contributed by atoms with Crippen molar-refractivity contribution >= 4 is 23.5 Å². The zero-order chi connectivity index (χ0) is 21.6. The number of methoxy groups -OCH3 is 1. The maximum Gasteiger partial charge on any atom is 0.227 e. The summed E-state index contributed by atoms with van der Waals surface area (Å²) in [5.74, 6) is 0.938. The molecule has 31 heavy (non-hydrogen) atoms. The Morgan fingerprint density at radius 2 is 1.87 bits per heavy atom. The quantitative estimate of drug-likeness (QED) is 0.702. The minimum atomic E-state index is -0.343. The van der Waals surface area contributed by atoms with Crippen LogP contribution in [0, 0.1) is 5.92 Å². The topological polar surface area (TPSA) is 90.9 Å². The van der Waals surface area contributed by atoms with Crippen molar-refractivity contribution in [1.29, 1.82) is 0 Å². The number of nitrogens with one attached hydrogen (secondary N) is 1. The van der Waals surface area contributed by atoms with Gasteiger partial charge in [0.05, 0.1) is 18.7 Å². The number of carbonyl (C=O) groups excluding carboxylic acids is 2. The number of carbonyl (C=O) groups is 2. The Bertz CT molecular complexity index is 901. The van der Waals surface area contributed by atoms with Gasteiger partial charge in [-0.3, -0.25) is 14.5 Å². The molecule has 1 aromatic carbocycles. The third-order valence-corrected chi connectivity index (χ3v) is 5.81. The zero-order valence-electron chi connectivity index (χ0n) is 17.7. The predicted octanol–water partition coefficient (Wildman–Crippen LogP) is 0.777. The molecule has 2 aliphatic rings. The Balaban J connectivity index is 1.22. The van der Waals surface area contributed by atoms with E-state index in [1.807, 2.05) is 30.3 Å². The van der Waals surface area contributed by atoms with Gasteiger partial charge in [0, 0.05) is 64.6 Å². The number of nitrogens with zero attached hydrogens (tertiary/aromatic N) is 5. The smallest absolute Gasteiger partial charge is 0.227 e. The third kappa shape index (κ3) is 4.93. The van der Waals surface area contributed by atoms with Crippen LogP contribution in [-0.2, 0) is 9.59 Å². The fourth-order valence-corrected chi connectivity index (χ4v) is 4.08. The van der Waals surface area contributed by atoms with Crippen LogP contribution in [-0.4, -0.2) is 79.6 Å². The molecule has 9 heteroatoms.